The van der Waals surface area contributed by atoms with Gasteiger partial charge in [-0.2, -0.15) is 11.8 Å². The Labute approximate surface area is 152 Å². The highest BCUT2D eigenvalue weighted by atomic mass is 32.2. The molecule has 2 N–H and O–H groups in total. The van der Waals surface area contributed by atoms with Gasteiger partial charge in [0.1, 0.15) is 0 Å². The van der Waals surface area contributed by atoms with Crippen molar-refractivity contribution in [3.05, 3.63) is 0 Å². The summed E-state index contributed by atoms with van der Waals surface area (Å²) >= 11 is 1.74. The summed E-state index contributed by atoms with van der Waals surface area (Å²) < 4.78 is 26.0. The molecule has 0 aromatic carbocycles. The lowest BCUT2D eigenvalue weighted by atomic mass is 9.81. The van der Waals surface area contributed by atoms with Crippen molar-refractivity contribution in [3.8, 4) is 0 Å². The number of thioether (sulfide) groups is 1. The van der Waals surface area contributed by atoms with E-state index in [2.05, 4.69) is 5.32 Å². The SMILES string of the molecule is O=C(NCCS(=O)(=O)N1CCSCC1)N1C[C@@H]2CCC[C@@]2(C(=O)O)C1. The van der Waals surface area contributed by atoms with Crippen molar-refractivity contribution in [1.29, 1.82) is 0 Å². The molecule has 2 atom stereocenters. The van der Waals surface area contributed by atoms with E-state index in [1.54, 1.807) is 11.8 Å². The van der Waals surface area contributed by atoms with E-state index in [0.717, 1.165) is 24.3 Å². The lowest BCUT2D eigenvalue weighted by molar-refractivity contribution is -0.149. The number of rotatable bonds is 5. The van der Waals surface area contributed by atoms with Crippen LogP contribution in [-0.2, 0) is 14.8 Å². The number of amides is 2. The third-order valence-corrected chi connectivity index (χ3v) is 8.40. The van der Waals surface area contributed by atoms with Gasteiger partial charge in [-0.3, -0.25) is 4.79 Å². The molecule has 3 aliphatic rings. The highest BCUT2D eigenvalue weighted by Gasteiger charge is 2.55. The highest BCUT2D eigenvalue weighted by molar-refractivity contribution is 7.99. The van der Waals surface area contributed by atoms with Gasteiger partial charge in [0.15, 0.2) is 0 Å². The standard InChI is InChI=1S/C15H25N3O5S2/c19-13(20)15-3-1-2-12(15)10-17(11-15)14(21)16-4-9-25(22,23)18-5-7-24-8-6-18/h12H,1-11H2,(H,16,21)(H,19,20)/t12-,15+/m0/s1. The topological polar surface area (TPSA) is 107 Å². The molecule has 0 aromatic heterocycles. The molecule has 3 fully saturated rings. The Kier molecular flexibility index (Phi) is 5.50. The van der Waals surface area contributed by atoms with Gasteiger partial charge in [0.25, 0.3) is 0 Å². The van der Waals surface area contributed by atoms with E-state index in [-0.39, 0.29) is 30.8 Å². The highest BCUT2D eigenvalue weighted by Crippen LogP contribution is 2.48. The second kappa shape index (κ2) is 7.32. The number of carboxylic acids is 1. The van der Waals surface area contributed by atoms with Crippen LogP contribution in [0, 0.1) is 11.3 Å². The number of hydrogen-bond donors (Lipinski definition) is 2. The van der Waals surface area contributed by atoms with E-state index < -0.39 is 21.4 Å². The number of hydrogen-bond acceptors (Lipinski definition) is 5. The van der Waals surface area contributed by atoms with Crippen LogP contribution in [0.2, 0.25) is 0 Å². The lowest BCUT2D eigenvalue weighted by Crippen LogP contribution is -2.45. The Balaban J connectivity index is 1.49. The van der Waals surface area contributed by atoms with E-state index in [9.17, 15) is 23.1 Å². The van der Waals surface area contributed by atoms with Crippen LogP contribution in [0.15, 0.2) is 0 Å². The molecule has 10 heteroatoms. The summed E-state index contributed by atoms with van der Waals surface area (Å²) in [6, 6.07) is -0.362. The largest absolute Gasteiger partial charge is 0.481 e. The zero-order chi connectivity index (χ0) is 18.1. The van der Waals surface area contributed by atoms with Crippen molar-refractivity contribution in [1.82, 2.24) is 14.5 Å². The predicted molar refractivity (Wildman–Crippen MR) is 95.1 cm³/mol. The number of carbonyl (C=O) groups excluding carboxylic acids is 1. The summed E-state index contributed by atoms with van der Waals surface area (Å²) in [6.45, 7) is 1.75. The zero-order valence-electron chi connectivity index (χ0n) is 14.1. The molecule has 0 radical (unpaired) electrons. The monoisotopic (exact) mass is 391 g/mol. The fourth-order valence-electron chi connectivity index (χ4n) is 4.15. The number of aliphatic carboxylic acids is 1. The smallest absolute Gasteiger partial charge is 0.317 e. The molecule has 2 heterocycles. The number of urea groups is 1. The molecule has 0 unspecified atom stereocenters. The number of nitrogens with zero attached hydrogens (tertiary/aromatic N) is 2. The molecule has 25 heavy (non-hydrogen) atoms. The second-order valence-electron chi connectivity index (χ2n) is 6.99. The summed E-state index contributed by atoms with van der Waals surface area (Å²) in [5.41, 5.74) is -0.811. The summed E-state index contributed by atoms with van der Waals surface area (Å²) in [5, 5.41) is 12.2. The van der Waals surface area contributed by atoms with Crippen molar-refractivity contribution >= 4 is 33.8 Å². The van der Waals surface area contributed by atoms with Gasteiger partial charge < -0.3 is 15.3 Å². The Bertz CT molecular complexity index is 635. The van der Waals surface area contributed by atoms with E-state index >= 15 is 0 Å². The summed E-state index contributed by atoms with van der Waals surface area (Å²) in [7, 11) is -3.35. The van der Waals surface area contributed by atoms with Crippen LogP contribution in [0.5, 0.6) is 0 Å². The maximum atomic E-state index is 12.3. The number of carboxylic acid groups (broad SMARTS) is 1. The molecule has 1 aliphatic carbocycles. The maximum absolute atomic E-state index is 12.3. The van der Waals surface area contributed by atoms with Crippen molar-refractivity contribution < 1.29 is 23.1 Å². The Morgan fingerprint density at radius 1 is 1.28 bits per heavy atom. The summed E-state index contributed by atoms with van der Waals surface area (Å²) in [6.07, 6.45) is 2.33. The van der Waals surface area contributed by atoms with Gasteiger partial charge in [-0.1, -0.05) is 6.42 Å². The van der Waals surface area contributed by atoms with Gasteiger partial charge >= 0.3 is 12.0 Å². The fourth-order valence-corrected chi connectivity index (χ4v) is 6.64. The van der Waals surface area contributed by atoms with E-state index in [1.165, 1.54) is 9.21 Å². The van der Waals surface area contributed by atoms with E-state index in [4.69, 9.17) is 0 Å². The van der Waals surface area contributed by atoms with Gasteiger partial charge in [0.05, 0.1) is 11.2 Å². The quantitative estimate of drug-likeness (QED) is 0.696. The molecule has 0 spiro atoms. The van der Waals surface area contributed by atoms with Crippen LogP contribution in [0.3, 0.4) is 0 Å². The first-order valence-corrected chi connectivity index (χ1v) is 11.4. The average molecular weight is 392 g/mol. The number of carbonyl (C=O) groups is 2. The molecule has 0 aromatic rings. The summed E-state index contributed by atoms with van der Waals surface area (Å²) in [5.74, 6) is 0.669. The van der Waals surface area contributed by atoms with Gasteiger partial charge in [0.2, 0.25) is 10.0 Å². The third kappa shape index (κ3) is 3.75. The van der Waals surface area contributed by atoms with Gasteiger partial charge in [-0.05, 0) is 18.8 Å². The van der Waals surface area contributed by atoms with Crippen molar-refractivity contribution in [2.75, 3.05) is 50.0 Å². The first-order chi connectivity index (χ1) is 11.8. The molecule has 2 aliphatic heterocycles. The third-order valence-electron chi connectivity index (χ3n) is 5.58. The zero-order valence-corrected chi connectivity index (χ0v) is 15.8. The number of nitrogens with one attached hydrogen (secondary N) is 1. The van der Waals surface area contributed by atoms with Gasteiger partial charge in [-0.25, -0.2) is 17.5 Å². The van der Waals surface area contributed by atoms with Crippen LogP contribution in [0.25, 0.3) is 0 Å². The number of likely N-dealkylation sites (tertiary alicyclic amines) is 1. The maximum Gasteiger partial charge on any atom is 0.317 e. The number of sulfonamides is 1. The normalized spacial score (nSPS) is 30.2. The average Bonchev–Trinajstić information content (AvgIpc) is 3.13. The minimum atomic E-state index is -3.35. The molecule has 142 valence electrons. The molecule has 3 rings (SSSR count). The molecular formula is C15H25N3O5S2. The van der Waals surface area contributed by atoms with Crippen LogP contribution in [0.1, 0.15) is 19.3 Å². The van der Waals surface area contributed by atoms with Crippen molar-refractivity contribution in [2.24, 2.45) is 11.3 Å². The Hall–Kier alpha value is -1.00. The molecule has 1 saturated carbocycles. The number of fused-ring (bicyclic) bond motifs is 1. The first-order valence-electron chi connectivity index (χ1n) is 8.67. The van der Waals surface area contributed by atoms with Crippen LogP contribution < -0.4 is 5.32 Å². The molecule has 2 amide bonds. The van der Waals surface area contributed by atoms with Gasteiger partial charge in [-0.15, -0.1) is 0 Å². The van der Waals surface area contributed by atoms with E-state index in [1.807, 2.05) is 0 Å². The minimum absolute atomic E-state index is 0.00494. The molecule has 8 nitrogen and oxygen atoms in total. The van der Waals surface area contributed by atoms with Gasteiger partial charge in [0, 0.05) is 44.2 Å². The minimum Gasteiger partial charge on any atom is -0.481 e. The fraction of sp³-hybridized carbons (Fsp3) is 0.867. The van der Waals surface area contributed by atoms with E-state index in [0.29, 0.717) is 26.1 Å². The lowest BCUT2D eigenvalue weighted by Gasteiger charge is -2.26. The molecule has 0 bridgehead atoms. The Morgan fingerprint density at radius 2 is 2.00 bits per heavy atom. The second-order valence-corrected chi connectivity index (χ2v) is 10.3. The molecular weight excluding hydrogens is 366 g/mol. The van der Waals surface area contributed by atoms with Crippen molar-refractivity contribution in [3.63, 3.8) is 0 Å². The van der Waals surface area contributed by atoms with Crippen molar-refractivity contribution in [2.45, 2.75) is 19.3 Å². The Morgan fingerprint density at radius 3 is 2.64 bits per heavy atom. The summed E-state index contributed by atoms with van der Waals surface area (Å²) in [4.78, 5) is 25.5. The van der Waals surface area contributed by atoms with Crippen LogP contribution >= 0.6 is 11.8 Å². The van der Waals surface area contributed by atoms with Crippen LogP contribution in [0.4, 0.5) is 4.79 Å². The van der Waals surface area contributed by atoms with Crippen LogP contribution in [-0.4, -0.2) is 84.7 Å². The predicted octanol–water partition coefficient (Wildman–Crippen LogP) is 0.261. The first kappa shape index (κ1) is 18.8. The molecule has 2 saturated heterocycles.